The number of hydrogen-bond acceptors (Lipinski definition) is 4. The van der Waals surface area contributed by atoms with E-state index in [1.54, 1.807) is 41.2 Å². The van der Waals surface area contributed by atoms with Gasteiger partial charge in [-0.2, -0.15) is 5.10 Å². The Bertz CT molecular complexity index is 1060. The average Bonchev–Trinajstić information content (AvgIpc) is 3.01. The van der Waals surface area contributed by atoms with E-state index in [2.05, 4.69) is 15.7 Å². The number of amides is 2. The van der Waals surface area contributed by atoms with Gasteiger partial charge in [0.15, 0.2) is 6.61 Å². The normalized spacial score (nSPS) is 12.7. The highest BCUT2D eigenvalue weighted by molar-refractivity contribution is 6.30. The van der Waals surface area contributed by atoms with Crippen molar-refractivity contribution in [1.29, 1.82) is 0 Å². The molecule has 1 aromatic heterocycles. The molecule has 0 aliphatic carbocycles. The predicted molar refractivity (Wildman–Crippen MR) is 102 cm³/mol. The van der Waals surface area contributed by atoms with Crippen molar-refractivity contribution in [1.82, 2.24) is 9.78 Å². The van der Waals surface area contributed by atoms with Crippen LogP contribution in [0.5, 0.6) is 5.75 Å². The molecule has 2 heterocycles. The molecule has 4 rings (SSSR count). The highest BCUT2D eigenvalue weighted by atomic mass is 35.5. The van der Waals surface area contributed by atoms with Crippen molar-refractivity contribution < 1.29 is 14.3 Å². The van der Waals surface area contributed by atoms with Crippen LogP contribution in [0.2, 0.25) is 5.02 Å². The second kappa shape index (κ2) is 6.77. The molecule has 0 atom stereocenters. The Labute approximate surface area is 159 Å². The SMILES string of the molecule is Cc1c(NC(=O)c2ccc3c(c2)NC(=O)CO3)cnn1-c1cccc(Cl)c1. The average molecular weight is 383 g/mol. The Hall–Kier alpha value is -3.32. The van der Waals surface area contributed by atoms with Gasteiger partial charge in [-0.15, -0.1) is 0 Å². The van der Waals surface area contributed by atoms with Gasteiger partial charge in [0.1, 0.15) is 5.75 Å². The van der Waals surface area contributed by atoms with E-state index in [4.69, 9.17) is 16.3 Å². The first kappa shape index (κ1) is 17.1. The lowest BCUT2D eigenvalue weighted by Crippen LogP contribution is -2.25. The van der Waals surface area contributed by atoms with E-state index < -0.39 is 0 Å². The highest BCUT2D eigenvalue weighted by Gasteiger charge is 2.19. The Morgan fingerprint density at radius 2 is 2.15 bits per heavy atom. The zero-order valence-electron chi connectivity index (χ0n) is 14.3. The number of ether oxygens (including phenoxy) is 1. The van der Waals surface area contributed by atoms with E-state index in [9.17, 15) is 9.59 Å². The van der Waals surface area contributed by atoms with Crippen LogP contribution >= 0.6 is 11.6 Å². The number of nitrogens with one attached hydrogen (secondary N) is 2. The molecule has 136 valence electrons. The molecule has 0 radical (unpaired) electrons. The number of fused-ring (bicyclic) bond motifs is 1. The zero-order valence-corrected chi connectivity index (χ0v) is 15.1. The number of hydrogen-bond donors (Lipinski definition) is 2. The lowest BCUT2D eigenvalue weighted by molar-refractivity contribution is -0.118. The van der Waals surface area contributed by atoms with Crippen LogP contribution in [-0.2, 0) is 4.79 Å². The Kier molecular flexibility index (Phi) is 4.29. The van der Waals surface area contributed by atoms with E-state index in [0.717, 1.165) is 11.4 Å². The van der Waals surface area contributed by atoms with Crippen molar-refractivity contribution in [2.75, 3.05) is 17.2 Å². The maximum atomic E-state index is 12.6. The van der Waals surface area contributed by atoms with Crippen LogP contribution in [0.1, 0.15) is 16.1 Å². The maximum absolute atomic E-state index is 12.6. The number of rotatable bonds is 3. The summed E-state index contributed by atoms with van der Waals surface area (Å²) in [6.45, 7) is 1.82. The second-order valence-electron chi connectivity index (χ2n) is 6.04. The molecule has 27 heavy (non-hydrogen) atoms. The minimum Gasteiger partial charge on any atom is -0.482 e. The van der Waals surface area contributed by atoms with Crippen LogP contribution in [0.15, 0.2) is 48.7 Å². The predicted octanol–water partition coefficient (Wildman–Crippen LogP) is 3.42. The number of aromatic nitrogens is 2. The van der Waals surface area contributed by atoms with Gasteiger partial charge in [-0.25, -0.2) is 4.68 Å². The Balaban J connectivity index is 1.57. The molecule has 0 spiro atoms. The molecule has 0 unspecified atom stereocenters. The summed E-state index contributed by atoms with van der Waals surface area (Å²) in [5, 5.41) is 10.5. The minimum atomic E-state index is -0.314. The molecule has 0 fully saturated rings. The largest absolute Gasteiger partial charge is 0.482 e. The van der Waals surface area contributed by atoms with Gasteiger partial charge in [0.2, 0.25) is 0 Å². The lowest BCUT2D eigenvalue weighted by atomic mass is 10.1. The molecule has 8 heteroatoms. The number of carbonyl (C=O) groups excluding carboxylic acids is 2. The van der Waals surface area contributed by atoms with Gasteiger partial charge < -0.3 is 15.4 Å². The number of anilines is 2. The van der Waals surface area contributed by atoms with Crippen LogP contribution in [0.4, 0.5) is 11.4 Å². The molecule has 1 aliphatic heterocycles. The van der Waals surface area contributed by atoms with Crippen LogP contribution < -0.4 is 15.4 Å². The van der Waals surface area contributed by atoms with Gasteiger partial charge in [0, 0.05) is 10.6 Å². The Morgan fingerprint density at radius 1 is 1.30 bits per heavy atom. The smallest absolute Gasteiger partial charge is 0.262 e. The Morgan fingerprint density at radius 3 is 2.96 bits per heavy atom. The summed E-state index contributed by atoms with van der Waals surface area (Å²) in [4.78, 5) is 24.1. The second-order valence-corrected chi connectivity index (χ2v) is 6.47. The molecule has 2 amide bonds. The van der Waals surface area contributed by atoms with Crippen LogP contribution in [0, 0.1) is 6.92 Å². The van der Waals surface area contributed by atoms with E-state index >= 15 is 0 Å². The van der Waals surface area contributed by atoms with Gasteiger partial charge >= 0.3 is 0 Å². The fourth-order valence-electron chi connectivity index (χ4n) is 2.82. The van der Waals surface area contributed by atoms with Crippen molar-refractivity contribution in [2.45, 2.75) is 6.92 Å². The fourth-order valence-corrected chi connectivity index (χ4v) is 3.00. The maximum Gasteiger partial charge on any atom is 0.262 e. The first-order valence-electron chi connectivity index (χ1n) is 8.20. The monoisotopic (exact) mass is 382 g/mol. The summed E-state index contributed by atoms with van der Waals surface area (Å²) < 4.78 is 7.00. The van der Waals surface area contributed by atoms with E-state index in [-0.39, 0.29) is 18.4 Å². The lowest BCUT2D eigenvalue weighted by Gasteiger charge is -2.18. The number of nitrogens with zero attached hydrogens (tertiary/aromatic N) is 2. The molecule has 7 nitrogen and oxygen atoms in total. The number of carbonyl (C=O) groups is 2. The number of halogens is 1. The van der Waals surface area contributed by atoms with E-state index in [1.807, 2.05) is 19.1 Å². The third-order valence-corrected chi connectivity index (χ3v) is 4.42. The molecule has 1 aliphatic rings. The van der Waals surface area contributed by atoms with Crippen molar-refractivity contribution in [3.05, 3.63) is 64.9 Å². The third-order valence-electron chi connectivity index (χ3n) is 4.19. The van der Waals surface area contributed by atoms with Crippen molar-refractivity contribution in [2.24, 2.45) is 0 Å². The summed E-state index contributed by atoms with van der Waals surface area (Å²) >= 11 is 6.04. The van der Waals surface area contributed by atoms with E-state index in [0.29, 0.717) is 27.7 Å². The van der Waals surface area contributed by atoms with Crippen LogP contribution in [-0.4, -0.2) is 28.2 Å². The van der Waals surface area contributed by atoms with Gasteiger partial charge in [-0.3, -0.25) is 9.59 Å². The minimum absolute atomic E-state index is 0.0274. The summed E-state index contributed by atoms with van der Waals surface area (Å²) in [7, 11) is 0. The fraction of sp³-hybridized carbons (Fsp3) is 0.105. The third kappa shape index (κ3) is 3.37. The molecule has 0 saturated heterocycles. The van der Waals surface area contributed by atoms with Crippen molar-refractivity contribution in [3.8, 4) is 11.4 Å². The molecule has 2 N–H and O–H groups in total. The van der Waals surface area contributed by atoms with E-state index in [1.165, 1.54) is 0 Å². The van der Waals surface area contributed by atoms with Crippen molar-refractivity contribution >= 4 is 34.8 Å². The number of benzene rings is 2. The van der Waals surface area contributed by atoms with Crippen LogP contribution in [0.25, 0.3) is 5.69 Å². The summed E-state index contributed by atoms with van der Waals surface area (Å²) in [6, 6.07) is 12.2. The quantitative estimate of drug-likeness (QED) is 0.726. The van der Waals surface area contributed by atoms with Crippen molar-refractivity contribution in [3.63, 3.8) is 0 Å². The first-order chi connectivity index (χ1) is 13.0. The summed E-state index contributed by atoms with van der Waals surface area (Å²) in [6.07, 6.45) is 1.58. The first-order valence-corrected chi connectivity index (χ1v) is 8.58. The topological polar surface area (TPSA) is 85.2 Å². The van der Waals surface area contributed by atoms with Gasteiger partial charge in [0.05, 0.1) is 29.0 Å². The zero-order chi connectivity index (χ0) is 19.0. The van der Waals surface area contributed by atoms with Gasteiger partial charge in [0.25, 0.3) is 11.8 Å². The standard InChI is InChI=1S/C19H15ClN4O3/c1-11-16(9-21-24(11)14-4-2-3-13(20)8-14)23-19(26)12-5-6-17-15(7-12)22-18(25)10-27-17/h2-9H,10H2,1H3,(H,22,25)(H,23,26). The molecule has 3 aromatic rings. The van der Waals surface area contributed by atoms with Gasteiger partial charge in [-0.1, -0.05) is 17.7 Å². The molecule has 0 saturated carbocycles. The summed E-state index contributed by atoms with van der Waals surface area (Å²) in [5.74, 6) is -0.0267. The summed E-state index contributed by atoms with van der Waals surface area (Å²) in [5.41, 5.74) is 3.02. The molecule has 2 aromatic carbocycles. The molecular weight excluding hydrogens is 368 g/mol. The van der Waals surface area contributed by atoms with Gasteiger partial charge in [-0.05, 0) is 43.3 Å². The highest BCUT2D eigenvalue weighted by Crippen LogP contribution is 2.29. The van der Waals surface area contributed by atoms with Crippen LogP contribution in [0.3, 0.4) is 0 Å². The molecule has 0 bridgehead atoms. The molecular formula is C19H15ClN4O3.